The summed E-state index contributed by atoms with van der Waals surface area (Å²) in [5, 5.41) is 0. The number of nitrogens with two attached hydrogens (primary N) is 1. The summed E-state index contributed by atoms with van der Waals surface area (Å²) in [4.78, 5) is 2.22. The number of hydrogen-bond donors (Lipinski definition) is 1. The molecule has 1 saturated heterocycles. The molecule has 2 aliphatic rings. The molecule has 17 heavy (non-hydrogen) atoms. The fraction of sp³-hybridized carbons (Fsp3) is 0.500. The molecule has 0 aliphatic carbocycles. The molecule has 0 radical (unpaired) electrons. The third-order valence-electron chi connectivity index (χ3n) is 3.87. The predicted octanol–water partition coefficient (Wildman–Crippen LogP) is 0.128. The highest BCUT2D eigenvalue weighted by atomic mass is 32.2. The van der Waals surface area contributed by atoms with Gasteiger partial charge in [-0.1, -0.05) is 24.3 Å². The van der Waals surface area contributed by atoms with E-state index >= 15 is 0 Å². The zero-order valence-corrected chi connectivity index (χ0v) is 10.4. The van der Waals surface area contributed by atoms with Crippen LogP contribution in [0.5, 0.6) is 0 Å². The third-order valence-corrected chi connectivity index (χ3v) is 5.82. The van der Waals surface area contributed by atoms with Gasteiger partial charge in [0.15, 0.2) is 9.84 Å². The molecule has 2 aliphatic heterocycles. The fourth-order valence-electron chi connectivity index (χ4n) is 2.87. The second-order valence-electron chi connectivity index (χ2n) is 5.09. The van der Waals surface area contributed by atoms with Gasteiger partial charge in [-0.25, -0.2) is 8.42 Å². The average molecular weight is 252 g/mol. The van der Waals surface area contributed by atoms with Gasteiger partial charge in [-0.05, 0) is 11.1 Å². The average Bonchev–Trinajstić information content (AvgIpc) is 2.68. The van der Waals surface area contributed by atoms with Crippen molar-refractivity contribution in [1.82, 2.24) is 4.90 Å². The van der Waals surface area contributed by atoms with Crippen LogP contribution in [0, 0.1) is 0 Å². The summed E-state index contributed by atoms with van der Waals surface area (Å²) in [6, 6.07) is 8.25. The number of sulfone groups is 1. The first-order chi connectivity index (χ1) is 8.05. The van der Waals surface area contributed by atoms with E-state index in [0.29, 0.717) is 6.54 Å². The predicted molar refractivity (Wildman–Crippen MR) is 66.1 cm³/mol. The van der Waals surface area contributed by atoms with Crippen LogP contribution in [0.4, 0.5) is 0 Å². The molecule has 0 bridgehead atoms. The quantitative estimate of drug-likeness (QED) is 0.812. The van der Waals surface area contributed by atoms with Crippen LogP contribution in [0.25, 0.3) is 0 Å². The van der Waals surface area contributed by atoms with Gasteiger partial charge in [0.05, 0.1) is 17.0 Å². The number of nitrogens with zero attached hydrogens (tertiary/aromatic N) is 1. The Labute approximate surface area is 101 Å². The van der Waals surface area contributed by atoms with Crippen molar-refractivity contribution < 1.29 is 8.42 Å². The lowest BCUT2D eigenvalue weighted by atomic mass is 10.0. The molecule has 1 aromatic carbocycles. The first-order valence-electron chi connectivity index (χ1n) is 5.77. The fourth-order valence-corrected chi connectivity index (χ4v) is 5.03. The smallest absolute Gasteiger partial charge is 0.154 e. The van der Waals surface area contributed by atoms with E-state index in [4.69, 9.17) is 5.73 Å². The SMILES string of the molecule is NCC1(N2Cc3ccccc3C2)CS(=O)(=O)C1. The van der Waals surface area contributed by atoms with Gasteiger partial charge < -0.3 is 5.73 Å². The maximum absolute atomic E-state index is 11.4. The van der Waals surface area contributed by atoms with Crippen LogP contribution in [-0.2, 0) is 22.9 Å². The maximum atomic E-state index is 11.4. The Morgan fingerprint density at radius 2 is 1.71 bits per heavy atom. The van der Waals surface area contributed by atoms with E-state index < -0.39 is 9.84 Å². The van der Waals surface area contributed by atoms with Crippen molar-refractivity contribution in [3.63, 3.8) is 0 Å². The van der Waals surface area contributed by atoms with Crippen LogP contribution in [0.15, 0.2) is 24.3 Å². The molecule has 0 aromatic heterocycles. The minimum atomic E-state index is -2.85. The van der Waals surface area contributed by atoms with E-state index in [1.54, 1.807) is 0 Å². The lowest BCUT2D eigenvalue weighted by Crippen LogP contribution is -2.67. The van der Waals surface area contributed by atoms with Crippen LogP contribution in [0.1, 0.15) is 11.1 Å². The molecule has 4 nitrogen and oxygen atoms in total. The first-order valence-corrected chi connectivity index (χ1v) is 7.59. The molecule has 0 saturated carbocycles. The van der Waals surface area contributed by atoms with Crippen LogP contribution in [0.3, 0.4) is 0 Å². The van der Waals surface area contributed by atoms with E-state index in [1.807, 2.05) is 12.1 Å². The molecule has 0 atom stereocenters. The second-order valence-corrected chi connectivity index (χ2v) is 7.15. The Hall–Kier alpha value is -0.910. The number of hydrogen-bond acceptors (Lipinski definition) is 4. The summed E-state index contributed by atoms with van der Waals surface area (Å²) in [5.74, 6) is 0.426. The van der Waals surface area contributed by atoms with Crippen molar-refractivity contribution in [3.05, 3.63) is 35.4 Å². The lowest BCUT2D eigenvalue weighted by Gasteiger charge is -2.47. The Morgan fingerprint density at radius 1 is 1.18 bits per heavy atom. The molecule has 1 aromatic rings. The van der Waals surface area contributed by atoms with E-state index in [0.717, 1.165) is 13.1 Å². The molecule has 0 amide bonds. The van der Waals surface area contributed by atoms with E-state index in [9.17, 15) is 8.42 Å². The van der Waals surface area contributed by atoms with E-state index in [-0.39, 0.29) is 17.0 Å². The van der Waals surface area contributed by atoms with Crippen molar-refractivity contribution in [3.8, 4) is 0 Å². The Kier molecular flexibility index (Phi) is 2.33. The Balaban J connectivity index is 1.85. The monoisotopic (exact) mass is 252 g/mol. The zero-order chi connectivity index (χ0) is 12.1. The normalized spacial score (nSPS) is 25.2. The summed E-state index contributed by atoms with van der Waals surface area (Å²) in [6.07, 6.45) is 0. The maximum Gasteiger partial charge on any atom is 0.154 e. The van der Waals surface area contributed by atoms with E-state index in [2.05, 4.69) is 17.0 Å². The minimum absolute atomic E-state index is 0.213. The van der Waals surface area contributed by atoms with Gasteiger partial charge in [-0.3, -0.25) is 4.90 Å². The summed E-state index contributed by atoms with van der Waals surface area (Å²) in [6.45, 7) is 2.06. The van der Waals surface area contributed by atoms with E-state index in [1.165, 1.54) is 11.1 Å². The molecular formula is C12H16N2O2S. The topological polar surface area (TPSA) is 63.4 Å². The van der Waals surface area contributed by atoms with Gasteiger partial charge in [0.1, 0.15) is 0 Å². The summed E-state index contributed by atoms with van der Waals surface area (Å²) < 4.78 is 22.8. The zero-order valence-electron chi connectivity index (χ0n) is 9.59. The van der Waals surface area contributed by atoms with Gasteiger partial charge in [-0.2, -0.15) is 0 Å². The molecule has 0 unspecified atom stereocenters. The second kappa shape index (κ2) is 3.54. The third kappa shape index (κ3) is 1.69. The molecule has 2 heterocycles. The van der Waals surface area contributed by atoms with Crippen molar-refractivity contribution >= 4 is 9.84 Å². The van der Waals surface area contributed by atoms with Crippen LogP contribution in [-0.4, -0.2) is 36.9 Å². The standard InChI is InChI=1S/C12H16N2O2S/c13-7-12(8-17(15,16)9-12)14-5-10-3-1-2-4-11(10)6-14/h1-4H,5-9,13H2. The molecule has 3 rings (SSSR count). The highest BCUT2D eigenvalue weighted by molar-refractivity contribution is 7.93. The largest absolute Gasteiger partial charge is 0.329 e. The highest BCUT2D eigenvalue weighted by Gasteiger charge is 2.52. The summed E-state index contributed by atoms with van der Waals surface area (Å²) >= 11 is 0. The molecule has 5 heteroatoms. The number of benzene rings is 1. The summed E-state index contributed by atoms with van der Waals surface area (Å²) in [7, 11) is -2.85. The first kappa shape index (κ1) is 11.2. The van der Waals surface area contributed by atoms with Crippen molar-refractivity contribution in [2.45, 2.75) is 18.6 Å². The highest BCUT2D eigenvalue weighted by Crippen LogP contribution is 2.36. The molecule has 92 valence electrons. The van der Waals surface area contributed by atoms with Gasteiger partial charge in [0.25, 0.3) is 0 Å². The van der Waals surface area contributed by atoms with Crippen LogP contribution < -0.4 is 5.73 Å². The van der Waals surface area contributed by atoms with Gasteiger partial charge >= 0.3 is 0 Å². The lowest BCUT2D eigenvalue weighted by molar-refractivity contribution is 0.117. The molecule has 0 spiro atoms. The minimum Gasteiger partial charge on any atom is -0.329 e. The van der Waals surface area contributed by atoms with Crippen molar-refractivity contribution in [2.75, 3.05) is 18.1 Å². The number of rotatable bonds is 2. The molecule has 1 fully saturated rings. The Bertz CT molecular complexity index is 516. The molecule has 2 N–H and O–H groups in total. The van der Waals surface area contributed by atoms with Crippen molar-refractivity contribution in [1.29, 1.82) is 0 Å². The summed E-state index contributed by atoms with van der Waals surface area (Å²) in [5.41, 5.74) is 8.07. The van der Waals surface area contributed by atoms with Crippen molar-refractivity contribution in [2.24, 2.45) is 5.73 Å². The van der Waals surface area contributed by atoms with Gasteiger partial charge in [0.2, 0.25) is 0 Å². The van der Waals surface area contributed by atoms with Crippen LogP contribution >= 0.6 is 0 Å². The van der Waals surface area contributed by atoms with Gasteiger partial charge in [0, 0.05) is 19.6 Å². The Morgan fingerprint density at radius 3 is 2.12 bits per heavy atom. The number of fused-ring (bicyclic) bond motifs is 1. The van der Waals surface area contributed by atoms with Gasteiger partial charge in [-0.15, -0.1) is 0 Å². The molecular weight excluding hydrogens is 236 g/mol. The van der Waals surface area contributed by atoms with Crippen LogP contribution in [0.2, 0.25) is 0 Å².